The Bertz CT molecular complexity index is 2680. The van der Waals surface area contributed by atoms with E-state index in [1.807, 2.05) is 38.4 Å². The van der Waals surface area contributed by atoms with Gasteiger partial charge in [0.2, 0.25) is 0 Å². The largest absolute Gasteiger partial charge is 0.377 e. The molecule has 78 heavy (non-hydrogen) atoms. The van der Waals surface area contributed by atoms with Gasteiger partial charge in [0.1, 0.15) is 0 Å². The van der Waals surface area contributed by atoms with Crippen molar-refractivity contribution >= 4 is 117 Å². The Morgan fingerprint density at radius 1 is 0.474 bits per heavy atom. The Morgan fingerprint density at radius 2 is 0.846 bits per heavy atom. The number of nitrogens with zero attached hydrogens (tertiary/aromatic N) is 4. The van der Waals surface area contributed by atoms with Gasteiger partial charge in [-0.25, -0.2) is 9.59 Å². The first-order chi connectivity index (χ1) is 37.5. The van der Waals surface area contributed by atoms with Crippen LogP contribution < -0.4 is 21.3 Å². The molecule has 4 aromatic carbocycles. The number of fused-ring (bicyclic) bond motifs is 4. The molecule has 2 unspecified atom stereocenters. The van der Waals surface area contributed by atoms with Crippen molar-refractivity contribution in [2.45, 2.75) is 50.9 Å². The summed E-state index contributed by atoms with van der Waals surface area (Å²) in [6.07, 6.45) is 1.34. The second kappa shape index (κ2) is 28.4. The van der Waals surface area contributed by atoms with E-state index >= 15 is 0 Å². The van der Waals surface area contributed by atoms with Gasteiger partial charge in [-0.1, -0.05) is 105 Å². The van der Waals surface area contributed by atoms with Crippen LogP contribution in [-0.2, 0) is 45.1 Å². The number of ether oxygens (including phenoxy) is 4. The van der Waals surface area contributed by atoms with Crippen LogP contribution in [0.4, 0.5) is 9.59 Å². The molecule has 0 aromatic heterocycles. The highest BCUT2D eigenvalue weighted by Crippen LogP contribution is 2.47. The average Bonchev–Trinajstić information content (AvgIpc) is 4.00. The highest BCUT2D eigenvalue weighted by molar-refractivity contribution is 6.45. The summed E-state index contributed by atoms with van der Waals surface area (Å²) in [6.45, 7) is 8.21. The molecule has 4 aliphatic rings. The fourth-order valence-electron chi connectivity index (χ4n) is 10.3. The Balaban J connectivity index is 0.602. The number of hydrogen-bond acceptors (Lipinski definition) is 10. The Hall–Kier alpha value is -3.56. The Labute approximate surface area is 494 Å². The first-order valence-corrected chi connectivity index (χ1v) is 28.8. The van der Waals surface area contributed by atoms with E-state index < -0.39 is 0 Å². The van der Waals surface area contributed by atoms with Crippen molar-refractivity contribution in [2.24, 2.45) is 0 Å². The molecule has 6 amide bonds. The minimum absolute atomic E-state index is 0.127. The van der Waals surface area contributed by atoms with Gasteiger partial charge in [0.05, 0.1) is 84.1 Å². The second-order valence-corrected chi connectivity index (χ2v) is 22.8. The van der Waals surface area contributed by atoms with Gasteiger partial charge in [0.15, 0.2) is 0 Å². The van der Waals surface area contributed by atoms with Crippen LogP contribution in [0.2, 0.25) is 40.2 Å². The topological polar surface area (TPSA) is 166 Å². The van der Waals surface area contributed by atoms with Crippen LogP contribution in [0.1, 0.15) is 89.9 Å². The molecular weight excluding hydrogens is 1170 g/mol. The second-order valence-electron chi connectivity index (χ2n) is 19.6. The normalized spacial score (nSPS) is 17.1. The van der Waals surface area contributed by atoms with E-state index in [1.54, 1.807) is 21.9 Å². The van der Waals surface area contributed by atoms with Gasteiger partial charge in [-0.15, -0.1) is 0 Å². The third-order valence-corrected chi connectivity index (χ3v) is 17.0. The van der Waals surface area contributed by atoms with Gasteiger partial charge < -0.3 is 59.8 Å². The number of benzene rings is 4. The number of likely N-dealkylation sites (N-methyl/N-ethyl adjacent to an activating group) is 2. The monoisotopic (exact) mass is 1230 g/mol. The molecule has 0 saturated carbocycles. The molecule has 4 N–H and O–H groups in total. The molecule has 8 rings (SSSR count). The molecule has 2 atom stereocenters. The van der Waals surface area contributed by atoms with E-state index in [1.165, 1.54) is 0 Å². The lowest BCUT2D eigenvalue weighted by atomic mass is 9.83. The van der Waals surface area contributed by atoms with Crippen LogP contribution in [0.15, 0.2) is 36.4 Å². The van der Waals surface area contributed by atoms with Crippen LogP contribution >= 0.6 is 92.8 Å². The van der Waals surface area contributed by atoms with Crippen molar-refractivity contribution in [3.05, 3.63) is 132 Å². The van der Waals surface area contributed by atoms with Crippen molar-refractivity contribution < 1.29 is 38.1 Å². The number of carbonyl (C=O) groups is 4. The van der Waals surface area contributed by atoms with Crippen LogP contribution in [0, 0.1) is 0 Å². The maximum absolute atomic E-state index is 13.4. The Kier molecular flexibility index (Phi) is 22.1. The number of amides is 6. The SMILES string of the molecule is CN1Cc2c(Cl)cc(Cl)cc2C(c2cc3c(c(Cl)c2Cl)C(=O)N(CCOCCOCCNC(=O)NCCCCNC(=O)NCCOCCOCCN2Cc4cc(C5CN(C)Cc6c(Cl)cc(Cl)cc65)c(Cl)c(Cl)c4C2=O)C3)C1. The number of halogens is 8. The van der Waals surface area contributed by atoms with Crippen molar-refractivity contribution in [1.82, 2.24) is 40.9 Å². The maximum atomic E-state index is 13.4. The highest BCUT2D eigenvalue weighted by Gasteiger charge is 2.38. The number of carbonyl (C=O) groups excluding carboxylic acids is 4. The van der Waals surface area contributed by atoms with Gasteiger partial charge in [0, 0.05) is 110 Å². The zero-order valence-electron chi connectivity index (χ0n) is 43.3. The quantitative estimate of drug-likeness (QED) is 0.0469. The molecule has 0 spiro atoms. The molecule has 0 aliphatic carbocycles. The molecule has 0 saturated heterocycles. The summed E-state index contributed by atoms with van der Waals surface area (Å²) in [7, 11) is 4.04. The zero-order valence-corrected chi connectivity index (χ0v) is 49.3. The van der Waals surface area contributed by atoms with Crippen LogP contribution in [0.5, 0.6) is 0 Å². The number of rotatable bonds is 25. The first kappa shape index (κ1) is 60.5. The number of urea groups is 2. The van der Waals surface area contributed by atoms with Crippen molar-refractivity contribution in [1.29, 1.82) is 0 Å². The third kappa shape index (κ3) is 14.9. The molecule has 4 aliphatic heterocycles. The van der Waals surface area contributed by atoms with Crippen LogP contribution in [-0.4, -0.2) is 163 Å². The van der Waals surface area contributed by atoms with Crippen LogP contribution in [0.25, 0.3) is 0 Å². The van der Waals surface area contributed by atoms with E-state index in [2.05, 4.69) is 31.1 Å². The van der Waals surface area contributed by atoms with Crippen molar-refractivity contribution in [3.63, 3.8) is 0 Å². The molecule has 0 bridgehead atoms. The number of hydrogen-bond donors (Lipinski definition) is 4. The lowest BCUT2D eigenvalue weighted by Crippen LogP contribution is -2.39. The standard InChI is InChI=1S/C54H62Cl8N8O8/c1-67-27-39(35-21-33(55)23-43(57)41(35)29-67)37-19-31-25-69(51(71)45(31)49(61)47(37)59)9-13-77-17-15-75-11-7-65-53(73)63-5-3-4-6-64-54(74)66-8-12-76-16-18-78-14-10-70-26-32-20-38(48(60)50(62)46(32)52(70)72)40-28-68(2)30-42-36(40)22-34(56)24-44(42)58/h19-24,39-40H,3-18,25-30H2,1-2H3,(H2,63,65,73)(H2,64,66,74). The molecule has 0 fully saturated rings. The lowest BCUT2D eigenvalue weighted by molar-refractivity contribution is 0.0377. The van der Waals surface area contributed by atoms with E-state index in [4.69, 9.17) is 112 Å². The maximum Gasteiger partial charge on any atom is 0.314 e. The molecule has 16 nitrogen and oxygen atoms in total. The van der Waals surface area contributed by atoms with Crippen LogP contribution in [0.3, 0.4) is 0 Å². The highest BCUT2D eigenvalue weighted by atomic mass is 35.5. The molecule has 0 radical (unpaired) electrons. The fraction of sp³-hybridized carbons (Fsp3) is 0.481. The van der Waals surface area contributed by atoms with Gasteiger partial charge in [0.25, 0.3) is 11.8 Å². The lowest BCUT2D eigenvalue weighted by Gasteiger charge is -2.34. The summed E-state index contributed by atoms with van der Waals surface area (Å²) >= 11 is 53.3. The molecule has 4 heterocycles. The van der Waals surface area contributed by atoms with Gasteiger partial charge in [-0.05, 0) is 95.7 Å². The van der Waals surface area contributed by atoms with E-state index in [9.17, 15) is 19.2 Å². The average molecular weight is 1230 g/mol. The van der Waals surface area contributed by atoms with E-state index in [-0.39, 0.29) is 45.8 Å². The number of nitrogens with one attached hydrogen (secondary N) is 4. The van der Waals surface area contributed by atoms with E-state index in [0.29, 0.717) is 185 Å². The van der Waals surface area contributed by atoms with Gasteiger partial charge in [-0.2, -0.15) is 0 Å². The molecule has 4 aromatic rings. The Morgan fingerprint density at radius 3 is 1.24 bits per heavy atom. The van der Waals surface area contributed by atoms with E-state index in [0.717, 1.165) is 44.5 Å². The predicted molar refractivity (Wildman–Crippen MR) is 307 cm³/mol. The zero-order chi connectivity index (χ0) is 55.6. The summed E-state index contributed by atoms with van der Waals surface area (Å²) < 4.78 is 22.7. The summed E-state index contributed by atoms with van der Waals surface area (Å²) in [4.78, 5) is 58.9. The summed E-state index contributed by atoms with van der Waals surface area (Å²) in [5.74, 6) is -0.641. The molecule has 422 valence electrons. The van der Waals surface area contributed by atoms with Crippen molar-refractivity contribution in [3.8, 4) is 0 Å². The summed E-state index contributed by atoms with van der Waals surface area (Å²) in [5.41, 5.74) is 8.12. The minimum Gasteiger partial charge on any atom is -0.377 e. The van der Waals surface area contributed by atoms with Gasteiger partial charge in [-0.3, -0.25) is 9.59 Å². The smallest absolute Gasteiger partial charge is 0.314 e. The summed E-state index contributed by atoms with van der Waals surface area (Å²) in [6, 6.07) is 10.7. The first-order valence-electron chi connectivity index (χ1n) is 25.8. The minimum atomic E-state index is -0.313. The number of unbranched alkanes of at least 4 members (excludes halogenated alkanes) is 1. The molecular formula is C54H62Cl8N8O8. The summed E-state index contributed by atoms with van der Waals surface area (Å²) in [5, 5.41) is 14.6. The van der Waals surface area contributed by atoms with Crippen molar-refractivity contribution in [2.75, 3.05) is 119 Å². The van der Waals surface area contributed by atoms with Gasteiger partial charge >= 0.3 is 12.1 Å². The fourth-order valence-corrected chi connectivity index (χ4v) is 12.6. The molecule has 24 heteroatoms. The third-order valence-electron chi connectivity index (χ3n) is 14.1. The predicted octanol–water partition coefficient (Wildman–Crippen LogP) is 10.1.